The van der Waals surface area contributed by atoms with Crippen molar-refractivity contribution < 1.29 is 24.2 Å². The van der Waals surface area contributed by atoms with Crippen LogP contribution in [0.4, 0.5) is 0 Å². The molecule has 0 bridgehead atoms. The Morgan fingerprint density at radius 2 is 2.00 bits per heavy atom. The number of methoxy groups -OCH3 is 1. The van der Waals surface area contributed by atoms with Crippen molar-refractivity contribution in [3.8, 4) is 16.9 Å². The van der Waals surface area contributed by atoms with Gasteiger partial charge in [0.2, 0.25) is 11.8 Å². The molecule has 2 heterocycles. The third-order valence-corrected chi connectivity index (χ3v) is 4.98. The number of aliphatic carboxylic acids is 1. The van der Waals surface area contributed by atoms with E-state index in [9.17, 15) is 15.0 Å². The smallest absolute Gasteiger partial charge is 0.304 e. The van der Waals surface area contributed by atoms with Crippen LogP contribution in [0, 0.1) is 6.92 Å². The predicted molar refractivity (Wildman–Crippen MR) is 114 cm³/mol. The summed E-state index contributed by atoms with van der Waals surface area (Å²) >= 11 is 0. The van der Waals surface area contributed by atoms with Crippen LogP contribution in [0.15, 0.2) is 41.1 Å². The number of hydrogen-bond acceptors (Lipinski definition) is 7. The van der Waals surface area contributed by atoms with Crippen molar-refractivity contribution in [3.63, 3.8) is 0 Å². The van der Waals surface area contributed by atoms with Crippen LogP contribution < -0.4 is 4.74 Å². The predicted octanol–water partition coefficient (Wildman–Crippen LogP) is 3.76. The number of benzene rings is 1. The van der Waals surface area contributed by atoms with Gasteiger partial charge in [-0.1, -0.05) is 6.07 Å². The van der Waals surface area contributed by atoms with Crippen LogP contribution in [0.1, 0.15) is 55.5 Å². The molecule has 3 rings (SSSR count). The summed E-state index contributed by atoms with van der Waals surface area (Å²) in [5, 5.41) is 27.3. The summed E-state index contributed by atoms with van der Waals surface area (Å²) in [5.41, 5.74) is 2.57. The van der Waals surface area contributed by atoms with Gasteiger partial charge in [-0.15, -0.1) is 10.2 Å². The Balaban J connectivity index is 2.00. The van der Waals surface area contributed by atoms with Crippen molar-refractivity contribution in [1.29, 1.82) is 0 Å². The molecule has 0 amide bonds. The van der Waals surface area contributed by atoms with Gasteiger partial charge in [0.25, 0.3) is 0 Å². The SMILES string of the molecule is COc1ccc(CCC(C)(C)O)cc1-c1cncc(C(CC(=O)O)c2nnc(C)o2)c1. The molecule has 8 nitrogen and oxygen atoms in total. The minimum atomic E-state index is -0.975. The minimum absolute atomic E-state index is 0.199. The van der Waals surface area contributed by atoms with E-state index in [2.05, 4.69) is 15.2 Å². The number of aliphatic hydroxyl groups is 1. The second kappa shape index (κ2) is 9.26. The number of nitrogens with zero attached hydrogens (tertiary/aromatic N) is 3. The fourth-order valence-corrected chi connectivity index (χ4v) is 3.36. The van der Waals surface area contributed by atoms with Crippen molar-refractivity contribution in [2.45, 2.75) is 51.6 Å². The van der Waals surface area contributed by atoms with Crippen LogP contribution >= 0.6 is 0 Å². The van der Waals surface area contributed by atoms with Gasteiger partial charge in [0.15, 0.2) is 0 Å². The molecule has 0 spiro atoms. The Morgan fingerprint density at radius 1 is 1.23 bits per heavy atom. The fourth-order valence-electron chi connectivity index (χ4n) is 3.36. The molecule has 31 heavy (non-hydrogen) atoms. The summed E-state index contributed by atoms with van der Waals surface area (Å²) in [7, 11) is 1.60. The maximum absolute atomic E-state index is 11.5. The maximum atomic E-state index is 11.5. The first kappa shape index (κ1) is 22.4. The van der Waals surface area contributed by atoms with E-state index in [1.54, 1.807) is 40.3 Å². The molecule has 1 aromatic carbocycles. The number of aromatic nitrogens is 3. The molecule has 0 saturated heterocycles. The van der Waals surface area contributed by atoms with Gasteiger partial charge in [-0.3, -0.25) is 9.78 Å². The average Bonchev–Trinajstić information content (AvgIpc) is 3.15. The molecule has 2 N–H and O–H groups in total. The summed E-state index contributed by atoms with van der Waals surface area (Å²) < 4.78 is 11.1. The summed E-state index contributed by atoms with van der Waals surface area (Å²) in [4.78, 5) is 15.8. The second-order valence-corrected chi connectivity index (χ2v) is 8.16. The number of aryl methyl sites for hydroxylation is 2. The lowest BCUT2D eigenvalue weighted by Crippen LogP contribution is -2.19. The Bertz CT molecular complexity index is 1060. The van der Waals surface area contributed by atoms with Crippen LogP contribution in [0.25, 0.3) is 11.1 Å². The molecule has 0 fully saturated rings. The van der Waals surface area contributed by atoms with Gasteiger partial charge in [0.1, 0.15) is 5.75 Å². The van der Waals surface area contributed by atoms with E-state index < -0.39 is 17.5 Å². The standard InChI is InChI=1S/C23H27N3O5/c1-14-25-26-22(31-14)19(11-21(27)28)17-10-16(12-24-13-17)18-9-15(5-6-20(18)30-4)7-8-23(2,3)29/h5-6,9-10,12-13,19,29H,7-8,11H2,1-4H3,(H,27,28). The molecule has 3 aromatic rings. The number of ether oxygens (including phenoxy) is 1. The van der Waals surface area contributed by atoms with Gasteiger partial charge < -0.3 is 19.4 Å². The van der Waals surface area contributed by atoms with Crippen molar-refractivity contribution in [2.24, 2.45) is 0 Å². The highest BCUT2D eigenvalue weighted by Gasteiger charge is 2.24. The summed E-state index contributed by atoms with van der Waals surface area (Å²) in [6.45, 7) is 5.23. The monoisotopic (exact) mass is 425 g/mol. The first-order valence-electron chi connectivity index (χ1n) is 10.0. The summed E-state index contributed by atoms with van der Waals surface area (Å²) in [5.74, 6) is -0.303. The molecule has 164 valence electrons. The fraction of sp³-hybridized carbons (Fsp3) is 0.391. The molecule has 0 saturated carbocycles. The number of rotatable bonds is 9. The molecule has 2 aromatic heterocycles. The Labute approximate surface area is 180 Å². The molecule has 0 aliphatic rings. The van der Waals surface area contributed by atoms with E-state index >= 15 is 0 Å². The van der Waals surface area contributed by atoms with Crippen molar-refractivity contribution in [3.05, 3.63) is 59.6 Å². The molecule has 0 radical (unpaired) electrons. The van der Waals surface area contributed by atoms with Gasteiger partial charge in [-0.25, -0.2) is 0 Å². The van der Waals surface area contributed by atoms with E-state index in [1.165, 1.54) is 0 Å². The zero-order valence-electron chi connectivity index (χ0n) is 18.1. The topological polar surface area (TPSA) is 119 Å². The van der Waals surface area contributed by atoms with Crippen molar-refractivity contribution in [1.82, 2.24) is 15.2 Å². The zero-order valence-corrected chi connectivity index (χ0v) is 18.1. The van der Waals surface area contributed by atoms with Crippen LogP contribution in [0.3, 0.4) is 0 Å². The lowest BCUT2D eigenvalue weighted by Gasteiger charge is -2.18. The highest BCUT2D eigenvalue weighted by molar-refractivity contribution is 5.72. The van der Waals surface area contributed by atoms with Gasteiger partial charge in [-0.05, 0) is 56.0 Å². The quantitative estimate of drug-likeness (QED) is 0.532. The lowest BCUT2D eigenvalue weighted by molar-refractivity contribution is -0.137. The second-order valence-electron chi connectivity index (χ2n) is 8.16. The van der Waals surface area contributed by atoms with E-state index in [-0.39, 0.29) is 12.3 Å². The summed E-state index contributed by atoms with van der Waals surface area (Å²) in [6, 6.07) is 7.74. The highest BCUT2D eigenvalue weighted by Crippen LogP contribution is 2.34. The summed E-state index contributed by atoms with van der Waals surface area (Å²) in [6.07, 6.45) is 4.44. The van der Waals surface area contributed by atoms with Crippen molar-refractivity contribution in [2.75, 3.05) is 7.11 Å². The molecule has 1 unspecified atom stereocenters. The van der Waals surface area contributed by atoms with Crippen LogP contribution in [0.5, 0.6) is 5.75 Å². The van der Waals surface area contributed by atoms with Crippen LogP contribution in [0.2, 0.25) is 0 Å². The number of carboxylic acid groups (broad SMARTS) is 1. The molecule has 8 heteroatoms. The highest BCUT2D eigenvalue weighted by atomic mass is 16.5. The van der Waals surface area contributed by atoms with Gasteiger partial charge in [-0.2, -0.15) is 0 Å². The van der Waals surface area contributed by atoms with Crippen LogP contribution in [-0.2, 0) is 11.2 Å². The molecule has 0 aliphatic heterocycles. The van der Waals surface area contributed by atoms with E-state index in [1.807, 2.05) is 24.3 Å². The third kappa shape index (κ3) is 5.88. The first-order chi connectivity index (χ1) is 14.7. The lowest BCUT2D eigenvalue weighted by atomic mass is 9.93. The normalized spacial score (nSPS) is 12.5. The van der Waals surface area contributed by atoms with Gasteiger partial charge >= 0.3 is 5.97 Å². The van der Waals surface area contributed by atoms with E-state index in [4.69, 9.17) is 9.15 Å². The van der Waals surface area contributed by atoms with E-state index in [0.717, 1.165) is 16.7 Å². The Kier molecular flexibility index (Phi) is 6.70. The maximum Gasteiger partial charge on any atom is 0.304 e. The number of hydrogen-bond donors (Lipinski definition) is 2. The number of carboxylic acids is 1. The Morgan fingerprint density at radius 3 is 2.61 bits per heavy atom. The van der Waals surface area contributed by atoms with E-state index in [0.29, 0.717) is 30.0 Å². The molecule has 0 aliphatic carbocycles. The molecular weight excluding hydrogens is 398 g/mol. The first-order valence-corrected chi connectivity index (χ1v) is 10.0. The van der Waals surface area contributed by atoms with Crippen LogP contribution in [-0.4, -0.2) is 44.1 Å². The molecule has 1 atom stereocenters. The largest absolute Gasteiger partial charge is 0.496 e. The van der Waals surface area contributed by atoms with Gasteiger partial charge in [0.05, 0.1) is 25.0 Å². The molecular formula is C23H27N3O5. The van der Waals surface area contributed by atoms with Gasteiger partial charge in [0, 0.05) is 30.4 Å². The third-order valence-electron chi connectivity index (χ3n) is 4.98. The number of carbonyl (C=O) groups is 1. The van der Waals surface area contributed by atoms with Crippen molar-refractivity contribution >= 4 is 5.97 Å². The zero-order chi connectivity index (χ0) is 22.6. The number of pyridine rings is 1. The minimum Gasteiger partial charge on any atom is -0.496 e. The Hall–Kier alpha value is -3.26. The average molecular weight is 425 g/mol.